The highest BCUT2D eigenvalue weighted by atomic mass is 35.5. The van der Waals surface area contributed by atoms with Crippen molar-refractivity contribution < 1.29 is 13.9 Å². The minimum absolute atomic E-state index is 0.000196. The summed E-state index contributed by atoms with van der Waals surface area (Å²) in [5.74, 6) is 0.137. The molecule has 0 heterocycles. The molecule has 1 aromatic carbocycles. The zero-order chi connectivity index (χ0) is 17.0. The second-order valence-corrected chi connectivity index (χ2v) is 7.39. The molecule has 6 heteroatoms. The lowest BCUT2D eigenvalue weighted by Gasteiger charge is -2.24. The molecular weight excluding hydrogens is 319 g/mol. The Labute approximate surface area is 141 Å². The van der Waals surface area contributed by atoms with E-state index in [2.05, 4.69) is 10.6 Å². The Bertz CT molecular complexity index is 556. The van der Waals surface area contributed by atoms with Crippen LogP contribution in [-0.2, 0) is 11.3 Å². The summed E-state index contributed by atoms with van der Waals surface area (Å²) in [6.45, 7) is 6.47. The molecule has 2 N–H and O–H groups in total. The lowest BCUT2D eigenvalue weighted by Crippen LogP contribution is -2.45. The molecule has 0 aromatic heterocycles. The summed E-state index contributed by atoms with van der Waals surface area (Å²) in [6.07, 6.45) is 1.78. The summed E-state index contributed by atoms with van der Waals surface area (Å²) in [5, 5.41) is 6.49. The predicted molar refractivity (Wildman–Crippen MR) is 89.0 cm³/mol. The second-order valence-electron chi connectivity index (χ2n) is 6.96. The number of benzene rings is 1. The first-order valence-corrected chi connectivity index (χ1v) is 8.26. The third kappa shape index (κ3) is 6.36. The second kappa shape index (κ2) is 7.49. The van der Waals surface area contributed by atoms with E-state index < -0.39 is 11.7 Å². The molecule has 23 heavy (non-hydrogen) atoms. The lowest BCUT2D eigenvalue weighted by molar-refractivity contribution is 0.0497. The van der Waals surface area contributed by atoms with Crippen LogP contribution in [0.25, 0.3) is 0 Å². The van der Waals surface area contributed by atoms with Crippen LogP contribution in [-0.4, -0.2) is 24.3 Å². The fourth-order valence-corrected chi connectivity index (χ4v) is 2.48. The highest BCUT2D eigenvalue weighted by molar-refractivity contribution is 6.30. The van der Waals surface area contributed by atoms with Gasteiger partial charge in [0.2, 0.25) is 0 Å². The number of ether oxygens (including phenoxy) is 1. The van der Waals surface area contributed by atoms with Gasteiger partial charge in [0.05, 0.1) is 0 Å². The first kappa shape index (κ1) is 18.0. The van der Waals surface area contributed by atoms with Gasteiger partial charge in [-0.25, -0.2) is 9.18 Å². The van der Waals surface area contributed by atoms with Gasteiger partial charge in [0, 0.05) is 29.7 Å². The normalized spacial score (nSPS) is 16.0. The topological polar surface area (TPSA) is 50.4 Å². The molecule has 0 aliphatic heterocycles. The number of carbonyl (C=O) groups excluding carboxylic acids is 1. The lowest BCUT2D eigenvalue weighted by atomic mass is 10.1. The number of halogens is 2. The Morgan fingerprint density at radius 3 is 2.70 bits per heavy atom. The van der Waals surface area contributed by atoms with Crippen LogP contribution in [0.1, 0.15) is 39.2 Å². The van der Waals surface area contributed by atoms with Gasteiger partial charge in [0.1, 0.15) is 11.4 Å². The zero-order valence-electron chi connectivity index (χ0n) is 13.8. The molecule has 128 valence electrons. The molecule has 1 aliphatic rings. The van der Waals surface area contributed by atoms with Gasteiger partial charge in [-0.1, -0.05) is 17.7 Å². The summed E-state index contributed by atoms with van der Waals surface area (Å²) < 4.78 is 19.0. The maximum Gasteiger partial charge on any atom is 0.407 e. The third-order valence-electron chi connectivity index (χ3n) is 3.59. The minimum atomic E-state index is -0.516. The van der Waals surface area contributed by atoms with Crippen LogP contribution >= 0.6 is 11.6 Å². The largest absolute Gasteiger partial charge is 0.444 e. The van der Waals surface area contributed by atoms with Gasteiger partial charge in [-0.2, -0.15) is 0 Å². The quantitative estimate of drug-likeness (QED) is 0.825. The van der Waals surface area contributed by atoms with Crippen molar-refractivity contribution in [1.82, 2.24) is 10.6 Å². The van der Waals surface area contributed by atoms with E-state index in [0.717, 1.165) is 12.8 Å². The summed E-state index contributed by atoms with van der Waals surface area (Å²) in [6, 6.07) is 4.63. The van der Waals surface area contributed by atoms with Crippen molar-refractivity contribution in [2.45, 2.75) is 51.8 Å². The molecule has 2 rings (SSSR count). The minimum Gasteiger partial charge on any atom is -0.444 e. The maximum absolute atomic E-state index is 13.7. The van der Waals surface area contributed by atoms with Gasteiger partial charge in [-0.15, -0.1) is 0 Å². The average molecular weight is 343 g/mol. The van der Waals surface area contributed by atoms with Crippen LogP contribution < -0.4 is 10.6 Å². The number of carbonyl (C=O) groups is 1. The molecule has 1 aliphatic carbocycles. The Morgan fingerprint density at radius 1 is 1.43 bits per heavy atom. The highest BCUT2D eigenvalue weighted by Gasteiger charge is 2.33. The molecule has 1 unspecified atom stereocenters. The van der Waals surface area contributed by atoms with Crippen LogP contribution in [0.4, 0.5) is 9.18 Å². The van der Waals surface area contributed by atoms with Crippen molar-refractivity contribution in [3.8, 4) is 0 Å². The summed E-state index contributed by atoms with van der Waals surface area (Å²) >= 11 is 5.74. The fraction of sp³-hybridized carbons (Fsp3) is 0.588. The number of amides is 1. The SMILES string of the molecule is CC(C)(C)OC(=O)NC(CNCc1ccc(Cl)cc1F)C1CC1. The predicted octanol–water partition coefficient (Wildman–Crippen LogP) is 3.87. The number of nitrogens with one attached hydrogen (secondary N) is 2. The average Bonchev–Trinajstić information content (AvgIpc) is 3.22. The van der Waals surface area contributed by atoms with Crippen molar-refractivity contribution in [3.05, 3.63) is 34.6 Å². The van der Waals surface area contributed by atoms with Gasteiger partial charge < -0.3 is 15.4 Å². The monoisotopic (exact) mass is 342 g/mol. The summed E-state index contributed by atoms with van der Waals surface area (Å²) in [4.78, 5) is 11.9. The highest BCUT2D eigenvalue weighted by Crippen LogP contribution is 2.32. The molecule has 0 spiro atoms. The first-order valence-electron chi connectivity index (χ1n) is 7.89. The first-order chi connectivity index (χ1) is 10.7. The summed E-state index contributed by atoms with van der Waals surface area (Å²) in [5.41, 5.74) is 0.0409. The van der Waals surface area contributed by atoms with E-state index in [9.17, 15) is 9.18 Å². The van der Waals surface area contributed by atoms with E-state index in [1.165, 1.54) is 6.07 Å². The molecule has 1 amide bonds. The van der Waals surface area contributed by atoms with Crippen molar-refractivity contribution in [2.75, 3.05) is 6.54 Å². The van der Waals surface area contributed by atoms with Crippen molar-refractivity contribution in [2.24, 2.45) is 5.92 Å². The van der Waals surface area contributed by atoms with Crippen LogP contribution in [0, 0.1) is 11.7 Å². The third-order valence-corrected chi connectivity index (χ3v) is 3.82. The molecule has 0 radical (unpaired) electrons. The van der Waals surface area contributed by atoms with E-state index in [1.807, 2.05) is 20.8 Å². The Kier molecular flexibility index (Phi) is 5.87. The Hall–Kier alpha value is -1.33. The molecule has 1 saturated carbocycles. The van der Waals surface area contributed by atoms with Crippen LogP contribution in [0.3, 0.4) is 0 Å². The van der Waals surface area contributed by atoms with E-state index >= 15 is 0 Å². The van der Waals surface area contributed by atoms with E-state index in [1.54, 1.807) is 12.1 Å². The van der Waals surface area contributed by atoms with E-state index in [0.29, 0.717) is 29.6 Å². The maximum atomic E-state index is 13.7. The molecule has 1 fully saturated rings. The summed E-state index contributed by atoms with van der Waals surface area (Å²) in [7, 11) is 0. The fourth-order valence-electron chi connectivity index (χ4n) is 2.32. The van der Waals surface area contributed by atoms with E-state index in [-0.39, 0.29) is 11.9 Å². The smallest absolute Gasteiger partial charge is 0.407 e. The van der Waals surface area contributed by atoms with Gasteiger partial charge in [0.15, 0.2) is 0 Å². The van der Waals surface area contributed by atoms with Crippen LogP contribution in [0.2, 0.25) is 5.02 Å². The number of rotatable bonds is 6. The van der Waals surface area contributed by atoms with Crippen LogP contribution in [0.15, 0.2) is 18.2 Å². The molecular formula is C17H24ClFN2O2. The van der Waals surface area contributed by atoms with Crippen LogP contribution in [0.5, 0.6) is 0 Å². The molecule has 1 atom stereocenters. The standard InChI is InChI=1S/C17H24ClFN2O2/c1-17(2,3)23-16(22)21-15(11-4-5-11)10-20-9-12-6-7-13(18)8-14(12)19/h6-8,11,15,20H,4-5,9-10H2,1-3H3,(H,21,22). The Balaban J connectivity index is 1.82. The van der Waals surface area contributed by atoms with E-state index in [4.69, 9.17) is 16.3 Å². The van der Waals surface area contributed by atoms with Gasteiger partial charge in [-0.3, -0.25) is 0 Å². The molecule has 0 saturated heterocycles. The van der Waals surface area contributed by atoms with Gasteiger partial charge in [0.25, 0.3) is 0 Å². The molecule has 4 nitrogen and oxygen atoms in total. The Morgan fingerprint density at radius 2 is 2.13 bits per heavy atom. The van der Waals surface area contributed by atoms with Crippen molar-refractivity contribution >= 4 is 17.7 Å². The molecule has 0 bridgehead atoms. The zero-order valence-corrected chi connectivity index (χ0v) is 14.5. The van der Waals surface area contributed by atoms with Gasteiger partial charge in [-0.05, 0) is 51.7 Å². The number of hydrogen-bond donors (Lipinski definition) is 2. The van der Waals surface area contributed by atoms with Crippen molar-refractivity contribution in [3.63, 3.8) is 0 Å². The molecule has 1 aromatic rings. The van der Waals surface area contributed by atoms with Crippen molar-refractivity contribution in [1.29, 1.82) is 0 Å². The number of hydrogen-bond acceptors (Lipinski definition) is 3. The van der Waals surface area contributed by atoms with Gasteiger partial charge >= 0.3 is 6.09 Å². The number of alkyl carbamates (subject to hydrolysis) is 1.